The third-order valence-corrected chi connectivity index (χ3v) is 6.45. The average molecular weight is 386 g/mol. The first kappa shape index (κ1) is 18.1. The van der Waals surface area contributed by atoms with Gasteiger partial charge in [-0.15, -0.1) is 0 Å². The van der Waals surface area contributed by atoms with Crippen molar-refractivity contribution >= 4 is 5.91 Å². The Morgan fingerprint density at radius 3 is 2.62 bits per heavy atom. The molecule has 3 aromatic rings. The number of carbonyl (C=O) groups is 1. The van der Waals surface area contributed by atoms with Gasteiger partial charge in [0.15, 0.2) is 0 Å². The predicted octanol–water partition coefficient (Wildman–Crippen LogP) is 3.76. The number of hydrogen-bond donors (Lipinski definition) is 0. The van der Waals surface area contributed by atoms with Gasteiger partial charge in [-0.25, -0.2) is 4.98 Å². The molecule has 29 heavy (non-hydrogen) atoms. The van der Waals surface area contributed by atoms with Crippen LogP contribution in [-0.4, -0.2) is 38.4 Å². The monoisotopic (exact) mass is 386 g/mol. The van der Waals surface area contributed by atoms with Crippen LogP contribution in [0.4, 0.5) is 0 Å². The van der Waals surface area contributed by atoms with Crippen LogP contribution in [0, 0.1) is 0 Å². The maximum absolute atomic E-state index is 13.2. The molecule has 2 aromatic heterocycles. The van der Waals surface area contributed by atoms with Gasteiger partial charge in [0.2, 0.25) is 5.91 Å². The second-order valence-electron chi connectivity index (χ2n) is 8.16. The van der Waals surface area contributed by atoms with Crippen LogP contribution in [0.1, 0.15) is 53.6 Å². The van der Waals surface area contributed by atoms with Crippen LogP contribution in [0.25, 0.3) is 0 Å². The van der Waals surface area contributed by atoms with Crippen LogP contribution in [0.3, 0.4) is 0 Å². The van der Waals surface area contributed by atoms with Gasteiger partial charge in [0.25, 0.3) is 0 Å². The molecule has 1 atom stereocenters. The van der Waals surface area contributed by atoms with Crippen molar-refractivity contribution in [3.05, 3.63) is 83.7 Å². The number of piperidine rings is 1. The predicted molar refractivity (Wildman–Crippen MR) is 112 cm³/mol. The molecule has 5 nitrogen and oxygen atoms in total. The first-order valence-electron chi connectivity index (χ1n) is 10.6. The van der Waals surface area contributed by atoms with Crippen LogP contribution in [0.5, 0.6) is 0 Å². The second kappa shape index (κ2) is 7.82. The number of aryl methyl sites for hydroxylation is 1. The van der Waals surface area contributed by atoms with Crippen molar-refractivity contribution in [3.63, 3.8) is 0 Å². The zero-order valence-corrected chi connectivity index (χ0v) is 16.6. The minimum absolute atomic E-state index is 0.0522. The third kappa shape index (κ3) is 3.57. The molecule has 1 saturated heterocycles. The number of aromatic nitrogens is 3. The highest BCUT2D eigenvalue weighted by atomic mass is 16.2. The summed E-state index contributed by atoms with van der Waals surface area (Å²) in [7, 11) is 0. The summed E-state index contributed by atoms with van der Waals surface area (Å²) in [5, 5.41) is 0. The fraction of sp³-hybridized carbons (Fsp3) is 0.375. The topological polar surface area (TPSA) is 51.0 Å². The number of rotatable bonds is 4. The summed E-state index contributed by atoms with van der Waals surface area (Å²) in [6.07, 6.45) is 11.5. The van der Waals surface area contributed by atoms with Crippen molar-refractivity contribution in [1.29, 1.82) is 0 Å². The highest BCUT2D eigenvalue weighted by Gasteiger charge is 2.34. The molecule has 0 N–H and O–H groups in total. The van der Waals surface area contributed by atoms with Gasteiger partial charge in [-0.05, 0) is 54.5 Å². The van der Waals surface area contributed by atoms with Crippen LogP contribution in [0.2, 0.25) is 0 Å². The number of hydrogen-bond acceptors (Lipinski definition) is 3. The smallest absolute Gasteiger partial charge is 0.230 e. The van der Waals surface area contributed by atoms with Crippen molar-refractivity contribution in [3.8, 4) is 0 Å². The number of imidazole rings is 1. The van der Waals surface area contributed by atoms with E-state index < -0.39 is 0 Å². The van der Waals surface area contributed by atoms with E-state index in [4.69, 9.17) is 0 Å². The van der Waals surface area contributed by atoms with Gasteiger partial charge in [0.05, 0.1) is 5.92 Å². The van der Waals surface area contributed by atoms with E-state index >= 15 is 0 Å². The van der Waals surface area contributed by atoms with E-state index in [1.165, 1.54) is 16.7 Å². The molecular weight excluding hydrogens is 360 g/mol. The Bertz CT molecular complexity index is 989. The number of benzene rings is 1. The second-order valence-corrected chi connectivity index (χ2v) is 8.16. The molecule has 0 spiro atoms. The molecule has 1 aromatic carbocycles. The van der Waals surface area contributed by atoms with Crippen LogP contribution in [-0.2, 0) is 17.8 Å². The van der Waals surface area contributed by atoms with Gasteiger partial charge < -0.3 is 9.47 Å². The fourth-order valence-electron chi connectivity index (χ4n) is 4.89. The normalized spacial score (nSPS) is 19.3. The van der Waals surface area contributed by atoms with Crippen molar-refractivity contribution in [1.82, 2.24) is 19.4 Å². The number of amides is 1. The molecule has 5 heteroatoms. The summed E-state index contributed by atoms with van der Waals surface area (Å²) < 4.78 is 2.24. The third-order valence-electron chi connectivity index (χ3n) is 6.45. The van der Waals surface area contributed by atoms with Crippen molar-refractivity contribution in [2.45, 2.75) is 44.1 Å². The number of carbonyl (C=O) groups excluding carboxylic acids is 1. The SMILES string of the molecule is O=C([C@H]1CCc2ccccc21)N1CCC(c2nccn2Cc2ccncc2)CC1. The Hall–Kier alpha value is -2.95. The number of pyridine rings is 1. The largest absolute Gasteiger partial charge is 0.342 e. The summed E-state index contributed by atoms with van der Waals surface area (Å²) >= 11 is 0. The Morgan fingerprint density at radius 2 is 1.79 bits per heavy atom. The Labute approximate surface area is 171 Å². The van der Waals surface area contributed by atoms with E-state index in [0.717, 1.165) is 51.1 Å². The van der Waals surface area contributed by atoms with Gasteiger partial charge in [-0.2, -0.15) is 0 Å². The number of fused-ring (bicyclic) bond motifs is 1. The van der Waals surface area contributed by atoms with Gasteiger partial charge in [-0.3, -0.25) is 9.78 Å². The minimum Gasteiger partial charge on any atom is -0.342 e. The lowest BCUT2D eigenvalue weighted by molar-refractivity contribution is -0.133. The zero-order chi connectivity index (χ0) is 19.6. The quantitative estimate of drug-likeness (QED) is 0.686. The highest BCUT2D eigenvalue weighted by molar-refractivity contribution is 5.85. The molecule has 1 aliphatic heterocycles. The van der Waals surface area contributed by atoms with E-state index in [0.29, 0.717) is 11.8 Å². The van der Waals surface area contributed by atoms with Gasteiger partial charge in [-0.1, -0.05) is 24.3 Å². The molecule has 5 rings (SSSR count). The molecule has 0 bridgehead atoms. The summed E-state index contributed by atoms with van der Waals surface area (Å²) in [6, 6.07) is 12.5. The summed E-state index contributed by atoms with van der Waals surface area (Å²) in [5.74, 6) is 1.91. The maximum Gasteiger partial charge on any atom is 0.230 e. The first-order valence-corrected chi connectivity index (χ1v) is 10.6. The van der Waals surface area contributed by atoms with Crippen LogP contribution in [0.15, 0.2) is 61.2 Å². The van der Waals surface area contributed by atoms with Crippen LogP contribution < -0.4 is 0 Å². The average Bonchev–Trinajstić information content (AvgIpc) is 3.41. The molecule has 0 unspecified atom stereocenters. The standard InChI is InChI=1S/C24H26N4O/c29-24(22-6-5-19-3-1-2-4-21(19)22)27-14-9-20(10-15-27)23-26-13-16-28(23)17-18-7-11-25-12-8-18/h1-4,7-8,11-13,16,20,22H,5-6,9-10,14-15,17H2/t22-/m0/s1. The molecule has 2 aliphatic rings. The van der Waals surface area contributed by atoms with Crippen LogP contribution >= 0.6 is 0 Å². The molecule has 0 saturated carbocycles. The lowest BCUT2D eigenvalue weighted by Crippen LogP contribution is -2.40. The number of likely N-dealkylation sites (tertiary alicyclic amines) is 1. The zero-order valence-electron chi connectivity index (χ0n) is 16.6. The van der Waals surface area contributed by atoms with E-state index in [1.54, 1.807) is 0 Å². The minimum atomic E-state index is 0.0522. The van der Waals surface area contributed by atoms with E-state index in [1.807, 2.05) is 30.7 Å². The van der Waals surface area contributed by atoms with E-state index in [2.05, 4.69) is 49.9 Å². The van der Waals surface area contributed by atoms with Crippen molar-refractivity contribution in [2.75, 3.05) is 13.1 Å². The molecule has 1 amide bonds. The molecule has 1 aliphatic carbocycles. The molecular formula is C24H26N4O. The molecule has 0 radical (unpaired) electrons. The molecule has 3 heterocycles. The lowest BCUT2D eigenvalue weighted by atomic mass is 9.93. The van der Waals surface area contributed by atoms with Gasteiger partial charge in [0, 0.05) is 50.3 Å². The molecule has 148 valence electrons. The van der Waals surface area contributed by atoms with Crippen molar-refractivity contribution in [2.24, 2.45) is 0 Å². The van der Waals surface area contributed by atoms with E-state index in [-0.39, 0.29) is 5.92 Å². The molecule has 1 fully saturated rings. The summed E-state index contributed by atoms with van der Waals surface area (Å²) in [4.78, 5) is 24.0. The lowest BCUT2D eigenvalue weighted by Gasteiger charge is -2.33. The summed E-state index contributed by atoms with van der Waals surface area (Å²) in [5.41, 5.74) is 3.82. The van der Waals surface area contributed by atoms with E-state index in [9.17, 15) is 4.79 Å². The maximum atomic E-state index is 13.2. The highest BCUT2D eigenvalue weighted by Crippen LogP contribution is 2.36. The van der Waals surface area contributed by atoms with Gasteiger partial charge >= 0.3 is 0 Å². The van der Waals surface area contributed by atoms with Gasteiger partial charge in [0.1, 0.15) is 5.82 Å². The Morgan fingerprint density at radius 1 is 1.00 bits per heavy atom. The fourth-order valence-corrected chi connectivity index (χ4v) is 4.89. The summed E-state index contributed by atoms with van der Waals surface area (Å²) in [6.45, 7) is 2.46. The first-order chi connectivity index (χ1) is 14.3. The Kier molecular flexibility index (Phi) is 4.88. The van der Waals surface area contributed by atoms with Crippen molar-refractivity contribution < 1.29 is 4.79 Å². The number of nitrogens with zero attached hydrogens (tertiary/aromatic N) is 4. The Balaban J connectivity index is 1.24.